The minimum absolute atomic E-state index is 0.370. The van der Waals surface area contributed by atoms with E-state index < -0.39 is 11.9 Å². The standard InChI is InChI=1S/C13H18ClNO2/c1-4-13(2,3)11(12(16)17)9-7-8(14)5-6-10(9)15/h5-7,11H,4,15H2,1-3H3,(H,16,17). The summed E-state index contributed by atoms with van der Waals surface area (Å²) >= 11 is 5.91. The molecule has 3 N–H and O–H groups in total. The predicted octanol–water partition coefficient (Wildman–Crippen LogP) is 3.53. The Bertz CT molecular complexity index is 429. The van der Waals surface area contributed by atoms with Gasteiger partial charge in [-0.1, -0.05) is 32.4 Å². The molecule has 94 valence electrons. The van der Waals surface area contributed by atoms with Crippen molar-refractivity contribution in [2.45, 2.75) is 33.1 Å². The number of anilines is 1. The van der Waals surface area contributed by atoms with E-state index in [1.54, 1.807) is 18.2 Å². The minimum atomic E-state index is -0.870. The molecule has 0 aliphatic carbocycles. The van der Waals surface area contributed by atoms with Crippen molar-refractivity contribution in [1.29, 1.82) is 0 Å². The number of nitrogens with two attached hydrogens (primary N) is 1. The Hall–Kier alpha value is -1.22. The summed E-state index contributed by atoms with van der Waals surface area (Å²) in [6.45, 7) is 5.81. The predicted molar refractivity (Wildman–Crippen MR) is 70.3 cm³/mol. The highest BCUT2D eigenvalue weighted by Crippen LogP contribution is 2.41. The third-order valence-electron chi connectivity index (χ3n) is 3.30. The molecule has 4 heteroatoms. The van der Waals surface area contributed by atoms with Crippen LogP contribution in [0.4, 0.5) is 5.69 Å². The van der Waals surface area contributed by atoms with Gasteiger partial charge >= 0.3 is 5.97 Å². The van der Waals surface area contributed by atoms with Gasteiger partial charge in [-0.3, -0.25) is 4.79 Å². The fraction of sp³-hybridized carbons (Fsp3) is 0.462. The lowest BCUT2D eigenvalue weighted by Crippen LogP contribution is -2.29. The van der Waals surface area contributed by atoms with Crippen LogP contribution in [0.15, 0.2) is 18.2 Å². The Kier molecular flexibility index (Phi) is 4.04. The molecule has 1 aromatic rings. The number of carbonyl (C=O) groups is 1. The Morgan fingerprint density at radius 2 is 2.12 bits per heavy atom. The second-order valence-corrected chi connectivity index (χ2v) is 5.32. The number of rotatable bonds is 4. The monoisotopic (exact) mass is 255 g/mol. The summed E-state index contributed by atoms with van der Waals surface area (Å²) in [6.07, 6.45) is 0.746. The van der Waals surface area contributed by atoms with Gasteiger partial charge in [0.05, 0.1) is 5.92 Å². The molecule has 1 unspecified atom stereocenters. The van der Waals surface area contributed by atoms with Gasteiger partial charge in [0.2, 0.25) is 0 Å². The first-order valence-corrected chi connectivity index (χ1v) is 5.95. The van der Waals surface area contributed by atoms with Crippen LogP contribution in [-0.4, -0.2) is 11.1 Å². The lowest BCUT2D eigenvalue weighted by Gasteiger charge is -2.31. The molecule has 0 aromatic heterocycles. The highest BCUT2D eigenvalue weighted by molar-refractivity contribution is 6.30. The number of hydrogen-bond acceptors (Lipinski definition) is 2. The summed E-state index contributed by atoms with van der Waals surface area (Å²) in [5, 5.41) is 9.92. The topological polar surface area (TPSA) is 63.3 Å². The summed E-state index contributed by atoms with van der Waals surface area (Å²) in [4.78, 5) is 11.5. The number of hydrogen-bond donors (Lipinski definition) is 2. The van der Waals surface area contributed by atoms with Crippen LogP contribution in [0.1, 0.15) is 38.7 Å². The van der Waals surface area contributed by atoms with Crippen molar-refractivity contribution in [1.82, 2.24) is 0 Å². The second kappa shape index (κ2) is 4.96. The lowest BCUT2D eigenvalue weighted by atomic mass is 9.73. The largest absolute Gasteiger partial charge is 0.481 e. The summed E-state index contributed by atoms with van der Waals surface area (Å²) < 4.78 is 0. The maximum atomic E-state index is 11.5. The van der Waals surface area contributed by atoms with E-state index >= 15 is 0 Å². The van der Waals surface area contributed by atoms with Crippen LogP contribution in [0.2, 0.25) is 5.02 Å². The highest BCUT2D eigenvalue weighted by Gasteiger charge is 2.36. The maximum absolute atomic E-state index is 11.5. The van der Waals surface area contributed by atoms with Gasteiger partial charge in [-0.2, -0.15) is 0 Å². The first-order valence-electron chi connectivity index (χ1n) is 5.57. The van der Waals surface area contributed by atoms with E-state index in [1.165, 1.54) is 0 Å². The van der Waals surface area contributed by atoms with Crippen molar-refractivity contribution in [3.8, 4) is 0 Å². The van der Waals surface area contributed by atoms with Crippen molar-refractivity contribution < 1.29 is 9.90 Å². The fourth-order valence-corrected chi connectivity index (χ4v) is 2.07. The van der Waals surface area contributed by atoms with Crippen molar-refractivity contribution in [2.24, 2.45) is 5.41 Å². The molecule has 0 saturated carbocycles. The zero-order valence-electron chi connectivity index (χ0n) is 10.3. The van der Waals surface area contributed by atoms with Crippen molar-refractivity contribution in [3.63, 3.8) is 0 Å². The number of carboxylic acids is 1. The fourth-order valence-electron chi connectivity index (χ4n) is 1.89. The van der Waals surface area contributed by atoms with Gasteiger partial charge < -0.3 is 10.8 Å². The van der Waals surface area contributed by atoms with Gasteiger partial charge in [-0.25, -0.2) is 0 Å². The van der Waals surface area contributed by atoms with Gasteiger partial charge in [-0.15, -0.1) is 0 Å². The maximum Gasteiger partial charge on any atom is 0.311 e. The van der Waals surface area contributed by atoms with E-state index in [9.17, 15) is 9.90 Å². The Balaban J connectivity index is 3.33. The van der Waals surface area contributed by atoms with Crippen LogP contribution in [0.5, 0.6) is 0 Å². The van der Waals surface area contributed by atoms with E-state index in [0.29, 0.717) is 16.3 Å². The first kappa shape index (κ1) is 13.8. The molecule has 0 amide bonds. The van der Waals surface area contributed by atoms with E-state index in [-0.39, 0.29) is 5.41 Å². The van der Waals surface area contributed by atoms with Crippen LogP contribution in [0, 0.1) is 5.41 Å². The zero-order valence-corrected chi connectivity index (χ0v) is 11.1. The van der Waals surface area contributed by atoms with Crippen LogP contribution < -0.4 is 5.73 Å². The minimum Gasteiger partial charge on any atom is -0.481 e. The third kappa shape index (κ3) is 2.91. The average molecular weight is 256 g/mol. The molecule has 3 nitrogen and oxygen atoms in total. The van der Waals surface area contributed by atoms with Gasteiger partial charge in [0.25, 0.3) is 0 Å². The van der Waals surface area contributed by atoms with Gasteiger partial charge in [0.1, 0.15) is 0 Å². The molecule has 0 heterocycles. The van der Waals surface area contributed by atoms with E-state index in [1.807, 2.05) is 20.8 Å². The molecular weight excluding hydrogens is 238 g/mol. The van der Waals surface area contributed by atoms with Crippen molar-refractivity contribution in [2.75, 3.05) is 5.73 Å². The quantitative estimate of drug-likeness (QED) is 0.809. The van der Waals surface area contributed by atoms with Crippen LogP contribution in [-0.2, 0) is 4.79 Å². The second-order valence-electron chi connectivity index (χ2n) is 4.89. The Labute approximate surface area is 107 Å². The molecule has 0 bridgehead atoms. The summed E-state index contributed by atoms with van der Waals surface area (Å²) in [7, 11) is 0. The molecule has 1 rings (SSSR count). The molecule has 0 spiro atoms. The molecule has 17 heavy (non-hydrogen) atoms. The van der Waals surface area contributed by atoms with Gasteiger partial charge in [0.15, 0.2) is 0 Å². The summed E-state index contributed by atoms with van der Waals surface area (Å²) in [5.74, 6) is -1.52. The van der Waals surface area contributed by atoms with E-state index in [0.717, 1.165) is 6.42 Å². The number of benzene rings is 1. The SMILES string of the molecule is CCC(C)(C)C(C(=O)O)c1cc(Cl)ccc1N. The van der Waals surface area contributed by atoms with Gasteiger partial charge in [0, 0.05) is 10.7 Å². The third-order valence-corrected chi connectivity index (χ3v) is 3.53. The smallest absolute Gasteiger partial charge is 0.311 e. The van der Waals surface area contributed by atoms with E-state index in [2.05, 4.69) is 0 Å². The normalized spacial score (nSPS) is 13.4. The van der Waals surface area contributed by atoms with Crippen LogP contribution >= 0.6 is 11.6 Å². The van der Waals surface area contributed by atoms with Crippen molar-refractivity contribution >= 4 is 23.3 Å². The molecule has 1 atom stereocenters. The molecular formula is C13H18ClNO2. The molecule has 0 fully saturated rings. The lowest BCUT2D eigenvalue weighted by molar-refractivity contribution is -0.141. The highest BCUT2D eigenvalue weighted by atomic mass is 35.5. The average Bonchev–Trinajstić information content (AvgIpc) is 2.22. The number of carboxylic acid groups (broad SMARTS) is 1. The Morgan fingerprint density at radius 1 is 1.53 bits per heavy atom. The molecule has 0 aliphatic rings. The summed E-state index contributed by atoms with van der Waals surface area (Å²) in [6, 6.07) is 4.96. The number of halogens is 1. The first-order chi connectivity index (χ1) is 7.79. The van der Waals surface area contributed by atoms with Crippen LogP contribution in [0.3, 0.4) is 0 Å². The van der Waals surface area contributed by atoms with Crippen molar-refractivity contribution in [3.05, 3.63) is 28.8 Å². The van der Waals surface area contributed by atoms with Crippen LogP contribution in [0.25, 0.3) is 0 Å². The Morgan fingerprint density at radius 3 is 2.59 bits per heavy atom. The van der Waals surface area contributed by atoms with E-state index in [4.69, 9.17) is 17.3 Å². The number of aliphatic carboxylic acids is 1. The van der Waals surface area contributed by atoms with Gasteiger partial charge in [-0.05, 0) is 35.6 Å². The summed E-state index contributed by atoms with van der Waals surface area (Å²) in [5.41, 5.74) is 6.56. The zero-order chi connectivity index (χ0) is 13.2. The molecule has 0 aliphatic heterocycles. The number of nitrogen functional groups attached to an aromatic ring is 1. The molecule has 1 aromatic carbocycles. The molecule has 0 radical (unpaired) electrons. The molecule has 0 saturated heterocycles.